The fraction of sp³-hybridized carbons (Fsp3) is 0.833. The molecule has 1 N–H and O–H groups in total. The Balaban J connectivity index is -0.000000333. The van der Waals surface area contributed by atoms with E-state index in [9.17, 15) is 4.79 Å². The van der Waals surface area contributed by atoms with E-state index in [0.29, 0.717) is 13.2 Å². The topological polar surface area (TPSA) is 49.8 Å². The number of hydrogen-bond donors (Lipinski definition) is 1. The van der Waals surface area contributed by atoms with E-state index in [2.05, 4.69) is 0 Å². The first-order valence-electron chi connectivity index (χ1n) is 3.31. The van der Waals surface area contributed by atoms with Crippen molar-refractivity contribution in [3.63, 3.8) is 0 Å². The Labute approximate surface area is 98.5 Å². The summed E-state index contributed by atoms with van der Waals surface area (Å²) >= 11 is 0. The first-order chi connectivity index (χ1) is 4.79. The van der Waals surface area contributed by atoms with Gasteiger partial charge in [0, 0.05) is 13.1 Å². The van der Waals surface area contributed by atoms with Gasteiger partial charge in [-0.2, -0.15) is 0 Å². The molecular weight excluding hydrogens is 174 g/mol. The van der Waals surface area contributed by atoms with Crippen LogP contribution in [0.4, 0.5) is 0 Å². The number of carboxylic acids is 1. The molecule has 11 heavy (non-hydrogen) atoms. The minimum Gasteiger partial charge on any atom is -1.00 e. The second-order valence-corrected chi connectivity index (χ2v) is 2.28. The zero-order valence-electron chi connectivity index (χ0n) is 8.45. The van der Waals surface area contributed by atoms with Crippen molar-refractivity contribution < 1.29 is 17.5 Å². The van der Waals surface area contributed by atoms with Crippen molar-refractivity contribution in [1.29, 1.82) is 0 Å². The SMILES string of the molecule is O=C(O)CN1CCOCC1.[Ca+2].[H-].[H-]. The number of aliphatic carboxylic acids is 1. The molecule has 1 aliphatic heterocycles. The summed E-state index contributed by atoms with van der Waals surface area (Å²) in [5.74, 6) is -0.762. The van der Waals surface area contributed by atoms with Crippen LogP contribution in [0.1, 0.15) is 2.85 Å². The van der Waals surface area contributed by atoms with Gasteiger partial charge >= 0.3 is 43.7 Å². The minimum absolute atomic E-state index is 0. The van der Waals surface area contributed by atoms with E-state index in [0.717, 1.165) is 13.1 Å². The second-order valence-electron chi connectivity index (χ2n) is 2.28. The van der Waals surface area contributed by atoms with Crippen molar-refractivity contribution in [2.75, 3.05) is 32.8 Å². The van der Waals surface area contributed by atoms with E-state index >= 15 is 0 Å². The smallest absolute Gasteiger partial charge is 1.00 e. The summed E-state index contributed by atoms with van der Waals surface area (Å²) in [5, 5.41) is 8.38. The predicted molar refractivity (Wildman–Crippen MR) is 42.9 cm³/mol. The van der Waals surface area contributed by atoms with Gasteiger partial charge in [0.15, 0.2) is 0 Å². The zero-order chi connectivity index (χ0) is 7.40. The fourth-order valence-corrected chi connectivity index (χ4v) is 0.951. The Kier molecular flexibility index (Phi) is 6.56. The monoisotopic (exact) mass is 187 g/mol. The van der Waals surface area contributed by atoms with Crippen LogP contribution in [-0.4, -0.2) is 86.6 Å². The van der Waals surface area contributed by atoms with Crippen molar-refractivity contribution in [2.24, 2.45) is 0 Å². The Morgan fingerprint density at radius 3 is 2.55 bits per heavy atom. The molecule has 0 aromatic carbocycles. The van der Waals surface area contributed by atoms with Crippen molar-refractivity contribution in [3.8, 4) is 0 Å². The van der Waals surface area contributed by atoms with Gasteiger partial charge in [0.25, 0.3) is 0 Å². The second kappa shape index (κ2) is 6.20. The molecule has 0 radical (unpaired) electrons. The van der Waals surface area contributed by atoms with Crippen LogP contribution in [-0.2, 0) is 9.53 Å². The van der Waals surface area contributed by atoms with Gasteiger partial charge in [-0.05, 0) is 0 Å². The first kappa shape index (κ1) is 11.6. The van der Waals surface area contributed by atoms with Gasteiger partial charge in [0.05, 0.1) is 19.8 Å². The fourth-order valence-electron chi connectivity index (χ4n) is 0.951. The number of morpholine rings is 1. The Morgan fingerprint density at radius 1 is 1.55 bits per heavy atom. The molecule has 0 aliphatic carbocycles. The maximum Gasteiger partial charge on any atom is 2.00 e. The van der Waals surface area contributed by atoms with Crippen LogP contribution in [0.15, 0.2) is 0 Å². The van der Waals surface area contributed by atoms with Gasteiger partial charge in [0.1, 0.15) is 0 Å². The number of hydrogen-bond acceptors (Lipinski definition) is 3. The summed E-state index contributed by atoms with van der Waals surface area (Å²) < 4.78 is 5.05. The van der Waals surface area contributed by atoms with E-state index in [-0.39, 0.29) is 47.1 Å². The van der Waals surface area contributed by atoms with Crippen LogP contribution in [0.5, 0.6) is 0 Å². The molecule has 0 saturated carbocycles. The molecule has 5 heteroatoms. The average Bonchev–Trinajstić information content (AvgIpc) is 1.88. The number of nitrogens with zero attached hydrogens (tertiary/aromatic N) is 1. The third-order valence-corrected chi connectivity index (χ3v) is 1.46. The van der Waals surface area contributed by atoms with Crippen LogP contribution >= 0.6 is 0 Å². The summed E-state index contributed by atoms with van der Waals surface area (Å²) in [6.45, 7) is 2.95. The van der Waals surface area contributed by atoms with Crippen LogP contribution in [0.25, 0.3) is 0 Å². The van der Waals surface area contributed by atoms with Crippen molar-refractivity contribution >= 4 is 43.7 Å². The molecule has 0 bridgehead atoms. The van der Waals surface area contributed by atoms with Crippen LogP contribution in [0.2, 0.25) is 0 Å². The average molecular weight is 187 g/mol. The molecule has 4 nitrogen and oxygen atoms in total. The third-order valence-electron chi connectivity index (χ3n) is 1.46. The van der Waals surface area contributed by atoms with Crippen LogP contribution < -0.4 is 0 Å². The van der Waals surface area contributed by atoms with E-state index < -0.39 is 5.97 Å². The Morgan fingerprint density at radius 2 is 2.09 bits per heavy atom. The van der Waals surface area contributed by atoms with E-state index in [1.165, 1.54) is 0 Å². The number of carboxylic acid groups (broad SMARTS) is 1. The first-order valence-corrected chi connectivity index (χ1v) is 3.31. The summed E-state index contributed by atoms with van der Waals surface area (Å²) in [7, 11) is 0. The largest absolute Gasteiger partial charge is 2.00 e. The molecule has 1 aliphatic rings. The Hall–Kier alpha value is 0.650. The van der Waals surface area contributed by atoms with Crippen LogP contribution in [0, 0.1) is 0 Å². The quantitative estimate of drug-likeness (QED) is 0.578. The summed E-state index contributed by atoms with van der Waals surface area (Å²) in [6.07, 6.45) is 0. The van der Waals surface area contributed by atoms with Gasteiger partial charge in [-0.1, -0.05) is 0 Å². The molecule has 0 amide bonds. The zero-order valence-corrected chi connectivity index (χ0v) is 8.66. The standard InChI is InChI=1S/C6H11NO3.Ca.2H/c8-6(9)5-7-1-3-10-4-2-7;;;/h1-5H2,(H,8,9);;;/q;+2;2*-1. The van der Waals surface area contributed by atoms with Gasteiger partial charge < -0.3 is 12.7 Å². The van der Waals surface area contributed by atoms with Crippen molar-refractivity contribution in [2.45, 2.75) is 0 Å². The van der Waals surface area contributed by atoms with Crippen LogP contribution in [0.3, 0.4) is 0 Å². The predicted octanol–water partition coefficient (Wildman–Crippen LogP) is -0.753. The molecule has 1 heterocycles. The Bertz CT molecular complexity index is 133. The van der Waals surface area contributed by atoms with Gasteiger partial charge in [-0.25, -0.2) is 0 Å². The normalized spacial score (nSPS) is 18.9. The minimum atomic E-state index is -0.762. The molecule has 1 rings (SSSR count). The van der Waals surface area contributed by atoms with E-state index in [1.807, 2.05) is 4.90 Å². The number of rotatable bonds is 2. The molecule has 62 valence electrons. The van der Waals surface area contributed by atoms with E-state index in [4.69, 9.17) is 9.84 Å². The van der Waals surface area contributed by atoms with Gasteiger partial charge in [0.2, 0.25) is 0 Å². The molecule has 0 aromatic heterocycles. The molecular formula is C6H13CaNO3. The molecule has 0 spiro atoms. The molecule has 1 saturated heterocycles. The summed E-state index contributed by atoms with van der Waals surface area (Å²) in [4.78, 5) is 12.1. The summed E-state index contributed by atoms with van der Waals surface area (Å²) in [5.41, 5.74) is 0. The molecule has 1 fully saturated rings. The maximum absolute atomic E-state index is 10.2. The molecule has 0 aromatic rings. The van der Waals surface area contributed by atoms with Gasteiger partial charge in [-0.15, -0.1) is 0 Å². The molecule has 0 atom stereocenters. The van der Waals surface area contributed by atoms with Gasteiger partial charge in [-0.3, -0.25) is 9.69 Å². The number of carbonyl (C=O) groups is 1. The number of ether oxygens (including phenoxy) is 1. The maximum atomic E-state index is 10.2. The van der Waals surface area contributed by atoms with Crippen molar-refractivity contribution in [3.05, 3.63) is 0 Å². The summed E-state index contributed by atoms with van der Waals surface area (Å²) in [6, 6.07) is 0. The van der Waals surface area contributed by atoms with E-state index in [1.54, 1.807) is 0 Å². The third kappa shape index (κ3) is 4.98. The van der Waals surface area contributed by atoms with Crippen molar-refractivity contribution in [1.82, 2.24) is 4.90 Å². The molecule has 0 unspecified atom stereocenters.